The highest BCUT2D eigenvalue weighted by Gasteiger charge is 2.33. The number of carbonyl (C=O) groups is 1. The van der Waals surface area contributed by atoms with Crippen molar-refractivity contribution in [3.05, 3.63) is 34.3 Å². The second-order valence-corrected chi connectivity index (χ2v) is 8.34. The first-order valence-electron chi connectivity index (χ1n) is 8.35. The topological polar surface area (TPSA) is 112 Å². The Balaban J connectivity index is 1.49. The van der Waals surface area contributed by atoms with Crippen LogP contribution in [0.2, 0.25) is 0 Å². The fourth-order valence-corrected chi connectivity index (χ4v) is 4.70. The van der Waals surface area contributed by atoms with Crippen molar-refractivity contribution in [2.75, 3.05) is 11.9 Å². The van der Waals surface area contributed by atoms with Crippen molar-refractivity contribution in [1.29, 1.82) is 0 Å². The van der Waals surface area contributed by atoms with Crippen LogP contribution in [-0.4, -0.2) is 26.6 Å². The predicted octanol–water partition coefficient (Wildman–Crippen LogP) is 1.54. The van der Waals surface area contributed by atoms with Gasteiger partial charge in [-0.15, -0.1) is 4.36 Å². The lowest BCUT2D eigenvalue weighted by Crippen LogP contribution is -2.26. The molecular weight excluding hydrogens is 361 g/mol. The van der Waals surface area contributed by atoms with Crippen molar-refractivity contribution in [2.45, 2.75) is 37.1 Å². The van der Waals surface area contributed by atoms with E-state index in [0.29, 0.717) is 55.6 Å². The third kappa shape index (κ3) is 2.12. The van der Waals surface area contributed by atoms with Crippen molar-refractivity contribution in [1.82, 2.24) is 9.78 Å². The van der Waals surface area contributed by atoms with Crippen LogP contribution in [0.4, 0.5) is 14.9 Å². The summed E-state index contributed by atoms with van der Waals surface area (Å²) in [7, 11) is -3.50. The molecule has 0 fully saturated rings. The van der Waals surface area contributed by atoms with Crippen molar-refractivity contribution < 1.29 is 18.1 Å². The molecular formula is C16H16FN5O3S. The van der Waals surface area contributed by atoms with E-state index in [-0.39, 0.29) is 16.6 Å². The molecule has 5 rings (SSSR count). The van der Waals surface area contributed by atoms with Crippen LogP contribution in [-0.2, 0) is 42.1 Å². The first-order valence-corrected chi connectivity index (χ1v) is 9.93. The van der Waals surface area contributed by atoms with Crippen LogP contribution in [0, 0.1) is 5.82 Å². The number of hydrogen-bond acceptors (Lipinski definition) is 4. The van der Waals surface area contributed by atoms with Gasteiger partial charge >= 0.3 is 6.03 Å². The molecule has 2 amide bonds. The molecule has 1 unspecified atom stereocenters. The van der Waals surface area contributed by atoms with E-state index < -0.39 is 15.9 Å². The van der Waals surface area contributed by atoms with E-state index in [1.165, 1.54) is 10.9 Å². The number of amides is 2. The van der Waals surface area contributed by atoms with Gasteiger partial charge < -0.3 is 10.1 Å². The SMILES string of the molecule is NS(=O)(=NC(=O)Nc1c2c(c(F)c3c1CC3)CC2)c1cnn2c1OCC2. The second kappa shape index (κ2) is 5.27. The minimum absolute atomic E-state index is 0.102. The van der Waals surface area contributed by atoms with E-state index in [0.717, 1.165) is 11.1 Å². The summed E-state index contributed by atoms with van der Waals surface area (Å²) in [6.45, 7) is 0.941. The molecule has 8 nitrogen and oxygen atoms in total. The van der Waals surface area contributed by atoms with E-state index in [4.69, 9.17) is 9.88 Å². The number of carbonyl (C=O) groups excluding carboxylic acids is 1. The lowest BCUT2D eigenvalue weighted by atomic mass is 9.76. The number of aromatic nitrogens is 2. The largest absolute Gasteiger partial charge is 0.475 e. The van der Waals surface area contributed by atoms with Crippen molar-refractivity contribution in [3.8, 4) is 5.88 Å². The molecule has 0 spiro atoms. The summed E-state index contributed by atoms with van der Waals surface area (Å²) in [6.07, 6.45) is 4.06. The Hall–Kier alpha value is -2.46. The standard InChI is InChI=1S/C16H16FN5O3S/c17-13-8-1-3-10(8)14(11-4-2-9(11)13)20-16(23)21-26(18,24)12-7-19-22-5-6-25-15(12)22/h7H,1-6H2,(H3,18,20,21,23,24). The van der Waals surface area contributed by atoms with Crippen LogP contribution in [0.5, 0.6) is 5.88 Å². The maximum absolute atomic E-state index is 14.2. The Bertz CT molecular complexity index is 1070. The molecule has 0 bridgehead atoms. The molecule has 136 valence electrons. The number of nitrogens with two attached hydrogens (primary N) is 1. The number of nitrogens with zero attached hydrogens (tertiary/aromatic N) is 3. The Kier molecular flexibility index (Phi) is 3.20. The first-order chi connectivity index (χ1) is 12.5. The lowest BCUT2D eigenvalue weighted by molar-refractivity contribution is 0.260. The summed E-state index contributed by atoms with van der Waals surface area (Å²) in [5.74, 6) is 0.140. The fraction of sp³-hybridized carbons (Fsp3) is 0.375. The Morgan fingerprint density at radius 2 is 1.92 bits per heavy atom. The van der Waals surface area contributed by atoms with Gasteiger partial charge in [-0.1, -0.05) is 0 Å². The summed E-state index contributed by atoms with van der Waals surface area (Å²) < 4.78 is 37.5. The van der Waals surface area contributed by atoms with E-state index in [9.17, 15) is 13.4 Å². The van der Waals surface area contributed by atoms with Gasteiger partial charge in [-0.25, -0.2) is 23.2 Å². The van der Waals surface area contributed by atoms with Gasteiger partial charge in [0.05, 0.1) is 12.7 Å². The van der Waals surface area contributed by atoms with Crippen LogP contribution in [0.25, 0.3) is 0 Å². The zero-order valence-electron chi connectivity index (χ0n) is 13.7. The number of anilines is 1. The number of hydrogen-bond donors (Lipinski definition) is 2. The molecule has 0 radical (unpaired) electrons. The summed E-state index contributed by atoms with van der Waals surface area (Å²) in [4.78, 5) is 12.5. The molecule has 1 aliphatic heterocycles. The third-order valence-corrected chi connectivity index (χ3v) is 6.53. The van der Waals surface area contributed by atoms with Crippen LogP contribution in [0.1, 0.15) is 22.3 Å². The number of urea groups is 1. The molecule has 3 aliphatic rings. The van der Waals surface area contributed by atoms with Gasteiger partial charge in [-0.3, -0.25) is 0 Å². The number of fused-ring (bicyclic) bond motifs is 3. The molecule has 10 heteroatoms. The minimum Gasteiger partial charge on any atom is -0.475 e. The number of rotatable bonds is 2. The van der Waals surface area contributed by atoms with Gasteiger partial charge in [0, 0.05) is 5.69 Å². The predicted molar refractivity (Wildman–Crippen MR) is 91.0 cm³/mol. The van der Waals surface area contributed by atoms with Crippen molar-refractivity contribution in [2.24, 2.45) is 9.50 Å². The molecule has 1 atom stereocenters. The average Bonchev–Trinajstić information content (AvgIpc) is 3.04. The third-order valence-electron chi connectivity index (χ3n) is 5.18. The molecule has 3 N–H and O–H groups in total. The fourth-order valence-electron chi connectivity index (χ4n) is 3.69. The quantitative estimate of drug-likeness (QED) is 0.827. The second-order valence-electron chi connectivity index (χ2n) is 6.58. The number of benzene rings is 1. The molecule has 26 heavy (non-hydrogen) atoms. The van der Waals surface area contributed by atoms with Crippen molar-refractivity contribution >= 4 is 21.6 Å². The molecule has 1 aromatic heterocycles. The summed E-state index contributed by atoms with van der Waals surface area (Å²) in [6, 6.07) is -0.815. The minimum atomic E-state index is -3.50. The number of halogens is 1. The highest BCUT2D eigenvalue weighted by atomic mass is 32.2. The van der Waals surface area contributed by atoms with Crippen molar-refractivity contribution in [3.63, 3.8) is 0 Å². The van der Waals surface area contributed by atoms with Gasteiger partial charge in [0.25, 0.3) is 0 Å². The summed E-state index contributed by atoms with van der Waals surface area (Å²) >= 11 is 0. The average molecular weight is 377 g/mol. The van der Waals surface area contributed by atoms with E-state index in [1.807, 2.05) is 0 Å². The normalized spacial score (nSPS) is 18.4. The monoisotopic (exact) mass is 377 g/mol. The molecule has 0 saturated carbocycles. The highest BCUT2D eigenvalue weighted by molar-refractivity contribution is 7.91. The Morgan fingerprint density at radius 3 is 2.54 bits per heavy atom. The lowest BCUT2D eigenvalue weighted by Gasteiger charge is -2.32. The summed E-state index contributed by atoms with van der Waals surface area (Å²) in [5, 5.41) is 12.5. The van der Waals surface area contributed by atoms with Gasteiger partial charge in [0.2, 0.25) is 5.88 Å². The first kappa shape index (κ1) is 15.8. The molecule has 0 saturated heterocycles. The smallest absolute Gasteiger partial charge is 0.354 e. The highest BCUT2D eigenvalue weighted by Crippen LogP contribution is 2.43. The van der Waals surface area contributed by atoms with Crippen LogP contribution in [0.15, 0.2) is 15.5 Å². The van der Waals surface area contributed by atoms with E-state index >= 15 is 0 Å². The zero-order valence-corrected chi connectivity index (χ0v) is 14.6. The molecule has 1 aromatic carbocycles. The zero-order chi connectivity index (χ0) is 18.1. The molecule has 2 heterocycles. The maximum atomic E-state index is 14.2. The van der Waals surface area contributed by atoms with Crippen LogP contribution < -0.4 is 15.2 Å². The molecule has 2 aromatic rings. The van der Waals surface area contributed by atoms with Crippen LogP contribution >= 0.6 is 0 Å². The Morgan fingerprint density at radius 1 is 1.27 bits per heavy atom. The van der Waals surface area contributed by atoms with Gasteiger partial charge in [-0.05, 0) is 47.9 Å². The Labute approximate surface area is 148 Å². The van der Waals surface area contributed by atoms with E-state index in [2.05, 4.69) is 14.8 Å². The molecule has 2 aliphatic carbocycles. The maximum Gasteiger partial charge on any atom is 0.354 e. The van der Waals surface area contributed by atoms with Gasteiger partial charge in [0.1, 0.15) is 17.3 Å². The summed E-state index contributed by atoms with van der Waals surface area (Å²) in [5.41, 5.74) is 3.55. The number of ether oxygens (including phenoxy) is 1. The van der Waals surface area contributed by atoms with Crippen LogP contribution in [0.3, 0.4) is 0 Å². The van der Waals surface area contributed by atoms with Gasteiger partial charge in [0.15, 0.2) is 9.92 Å². The number of nitrogens with one attached hydrogen (secondary N) is 1. The van der Waals surface area contributed by atoms with E-state index in [1.54, 1.807) is 0 Å². The van der Waals surface area contributed by atoms with Gasteiger partial charge in [-0.2, -0.15) is 5.10 Å².